The highest BCUT2D eigenvalue weighted by Crippen LogP contribution is 2.44. The van der Waals surface area contributed by atoms with Crippen molar-refractivity contribution < 1.29 is 38.9 Å². The van der Waals surface area contributed by atoms with E-state index in [2.05, 4.69) is 4.52 Å². The van der Waals surface area contributed by atoms with Crippen LogP contribution in [0.2, 0.25) is 0 Å². The molecule has 5 N–H and O–H groups in total. The summed E-state index contributed by atoms with van der Waals surface area (Å²) in [7, 11) is -4.61. The van der Waals surface area contributed by atoms with Gasteiger partial charge in [0.25, 0.3) is 0 Å². The molecule has 0 amide bonds. The summed E-state index contributed by atoms with van der Waals surface area (Å²) in [5.74, 6) is -0.754. The molecule has 1 saturated heterocycles. The maximum absolute atomic E-state index is 10.5. The van der Waals surface area contributed by atoms with E-state index in [1.54, 1.807) is 0 Å². The van der Waals surface area contributed by atoms with Gasteiger partial charge in [-0.05, 0) is 0 Å². The van der Waals surface area contributed by atoms with Gasteiger partial charge < -0.3 is 29.8 Å². The Morgan fingerprint density at radius 3 is 2.25 bits per heavy atom. The minimum Gasteiger partial charge on any atom is -0.390 e. The fourth-order valence-corrected chi connectivity index (χ4v) is 2.34. The molecule has 2 rings (SSSR count). The minimum atomic E-state index is -4.61. The highest BCUT2D eigenvalue weighted by molar-refractivity contribution is 7.46. The monoisotopic (exact) mass is 256 g/mol. The molecular formula is C7H13O8P. The predicted octanol–water partition coefficient (Wildman–Crippen LogP) is -2.42. The van der Waals surface area contributed by atoms with Crippen LogP contribution in [0.25, 0.3) is 0 Å². The molecule has 8 nitrogen and oxygen atoms in total. The first-order valence-electron chi connectivity index (χ1n) is 4.71. The number of hydrogen-bond donors (Lipinski definition) is 5. The lowest BCUT2D eigenvalue weighted by Gasteiger charge is -2.31. The van der Waals surface area contributed by atoms with Gasteiger partial charge >= 0.3 is 7.82 Å². The van der Waals surface area contributed by atoms with Crippen molar-refractivity contribution in [3.63, 3.8) is 0 Å². The highest BCUT2D eigenvalue weighted by atomic mass is 31.2. The molecule has 0 bridgehead atoms. The smallest absolute Gasteiger partial charge is 0.390 e. The summed E-state index contributed by atoms with van der Waals surface area (Å²) < 4.78 is 19.7. The number of aliphatic hydroxyl groups excluding tert-OH is 3. The lowest BCUT2D eigenvalue weighted by atomic mass is 9.83. The van der Waals surface area contributed by atoms with Gasteiger partial charge in [0.05, 0.1) is 18.8 Å². The Balaban J connectivity index is 1.98. The van der Waals surface area contributed by atoms with Crippen LogP contribution >= 0.6 is 7.82 Å². The maximum atomic E-state index is 10.5. The molecule has 2 fully saturated rings. The van der Waals surface area contributed by atoms with E-state index in [9.17, 15) is 19.9 Å². The first-order chi connectivity index (χ1) is 7.31. The van der Waals surface area contributed by atoms with Crippen LogP contribution in [-0.4, -0.2) is 62.2 Å². The van der Waals surface area contributed by atoms with Crippen LogP contribution in [0.15, 0.2) is 0 Å². The molecule has 0 aromatic carbocycles. The normalized spacial score (nSPS) is 47.6. The van der Waals surface area contributed by atoms with Gasteiger partial charge in [-0.1, -0.05) is 0 Å². The summed E-state index contributed by atoms with van der Waals surface area (Å²) in [5.41, 5.74) is 0. The van der Waals surface area contributed by atoms with Gasteiger partial charge in [-0.2, -0.15) is 0 Å². The molecule has 1 saturated carbocycles. The molecule has 1 heterocycles. The van der Waals surface area contributed by atoms with E-state index < -0.39 is 50.9 Å². The summed E-state index contributed by atoms with van der Waals surface area (Å²) in [6.07, 6.45) is -5.02. The summed E-state index contributed by atoms with van der Waals surface area (Å²) in [6, 6.07) is 0. The van der Waals surface area contributed by atoms with Crippen molar-refractivity contribution in [1.82, 2.24) is 0 Å². The van der Waals surface area contributed by atoms with E-state index in [4.69, 9.17) is 14.5 Å². The lowest BCUT2D eigenvalue weighted by molar-refractivity contribution is -0.104. The van der Waals surface area contributed by atoms with E-state index >= 15 is 0 Å². The fourth-order valence-electron chi connectivity index (χ4n) is 1.98. The van der Waals surface area contributed by atoms with Crippen LogP contribution in [-0.2, 0) is 13.8 Å². The number of phosphoric acid groups is 1. The van der Waals surface area contributed by atoms with Crippen LogP contribution in [0.5, 0.6) is 0 Å². The van der Waals surface area contributed by atoms with Crippen LogP contribution in [0.1, 0.15) is 0 Å². The van der Waals surface area contributed by atoms with E-state index in [1.807, 2.05) is 0 Å². The minimum absolute atomic E-state index is 0.434. The van der Waals surface area contributed by atoms with Crippen LogP contribution in [0.3, 0.4) is 0 Å². The molecule has 1 aliphatic carbocycles. The molecule has 9 heteroatoms. The SMILES string of the molecule is O=P(O)(O)OCC1C(O)C(O)C(O)C2OC12. The van der Waals surface area contributed by atoms with Gasteiger partial charge in [-0.25, -0.2) is 4.57 Å². The summed E-state index contributed by atoms with van der Waals surface area (Å²) >= 11 is 0. The van der Waals surface area contributed by atoms with Crippen LogP contribution < -0.4 is 0 Å². The second kappa shape index (κ2) is 4.01. The van der Waals surface area contributed by atoms with Crippen molar-refractivity contribution in [3.8, 4) is 0 Å². The molecule has 0 radical (unpaired) electrons. The van der Waals surface area contributed by atoms with Crippen molar-refractivity contribution in [2.24, 2.45) is 5.92 Å². The molecule has 6 atom stereocenters. The van der Waals surface area contributed by atoms with Crippen LogP contribution in [0, 0.1) is 5.92 Å². The number of hydrogen-bond acceptors (Lipinski definition) is 6. The van der Waals surface area contributed by atoms with Gasteiger partial charge in [0.15, 0.2) is 0 Å². The predicted molar refractivity (Wildman–Crippen MR) is 48.2 cm³/mol. The van der Waals surface area contributed by atoms with E-state index in [-0.39, 0.29) is 0 Å². The van der Waals surface area contributed by atoms with E-state index in [1.165, 1.54) is 0 Å². The quantitative estimate of drug-likeness (QED) is 0.277. The molecule has 0 aromatic heterocycles. The molecule has 1 aliphatic heterocycles. The topological polar surface area (TPSA) is 140 Å². The third-order valence-electron chi connectivity index (χ3n) is 2.89. The Morgan fingerprint density at radius 2 is 1.69 bits per heavy atom. The molecule has 6 unspecified atom stereocenters. The number of fused-ring (bicyclic) bond motifs is 1. The van der Waals surface area contributed by atoms with Crippen molar-refractivity contribution in [1.29, 1.82) is 0 Å². The zero-order chi connectivity index (χ0) is 12.1. The number of ether oxygens (including phenoxy) is 1. The zero-order valence-electron chi connectivity index (χ0n) is 8.08. The third-order valence-corrected chi connectivity index (χ3v) is 3.38. The molecular weight excluding hydrogens is 243 g/mol. The van der Waals surface area contributed by atoms with Gasteiger partial charge in [-0.15, -0.1) is 0 Å². The van der Waals surface area contributed by atoms with Crippen molar-refractivity contribution in [3.05, 3.63) is 0 Å². The summed E-state index contributed by atoms with van der Waals surface area (Å²) in [5, 5.41) is 28.4. The molecule has 16 heavy (non-hydrogen) atoms. The van der Waals surface area contributed by atoms with Crippen molar-refractivity contribution in [2.45, 2.75) is 30.5 Å². The van der Waals surface area contributed by atoms with Crippen molar-refractivity contribution in [2.75, 3.05) is 6.61 Å². The fraction of sp³-hybridized carbons (Fsp3) is 1.00. The van der Waals surface area contributed by atoms with E-state index in [0.717, 1.165) is 0 Å². The summed E-state index contributed by atoms with van der Waals surface area (Å²) in [4.78, 5) is 17.0. The lowest BCUT2D eigenvalue weighted by Crippen LogP contribution is -2.52. The number of phosphoric ester groups is 1. The zero-order valence-corrected chi connectivity index (χ0v) is 8.97. The maximum Gasteiger partial charge on any atom is 0.469 e. The second-order valence-corrected chi connectivity index (χ2v) is 5.23. The Morgan fingerprint density at radius 1 is 1.06 bits per heavy atom. The van der Waals surface area contributed by atoms with Gasteiger partial charge in [0, 0.05) is 5.92 Å². The number of rotatable bonds is 3. The van der Waals surface area contributed by atoms with Crippen molar-refractivity contribution >= 4 is 7.82 Å². The largest absolute Gasteiger partial charge is 0.469 e. The molecule has 94 valence electrons. The molecule has 0 spiro atoms. The second-order valence-electron chi connectivity index (χ2n) is 3.99. The number of aliphatic hydroxyl groups is 3. The van der Waals surface area contributed by atoms with Gasteiger partial charge in [0.1, 0.15) is 18.3 Å². The third kappa shape index (κ3) is 2.29. The Labute approximate surface area is 90.7 Å². The van der Waals surface area contributed by atoms with Gasteiger partial charge in [0.2, 0.25) is 0 Å². The molecule has 2 aliphatic rings. The Kier molecular flexibility index (Phi) is 3.11. The van der Waals surface area contributed by atoms with Crippen LogP contribution in [0.4, 0.5) is 0 Å². The number of epoxide rings is 1. The average molecular weight is 256 g/mol. The standard InChI is InChI=1S/C7H13O8P/c8-3-2(1-14-16(11,12)13)6-7(15-6)5(10)4(3)9/h2-10H,1H2,(H2,11,12,13). The molecule has 0 aromatic rings. The highest BCUT2D eigenvalue weighted by Gasteiger charge is 2.60. The average Bonchev–Trinajstić information content (AvgIpc) is 2.92. The Bertz CT molecular complexity index is 316. The first-order valence-corrected chi connectivity index (χ1v) is 6.24. The summed E-state index contributed by atoms with van der Waals surface area (Å²) in [6.45, 7) is -0.434. The van der Waals surface area contributed by atoms with Gasteiger partial charge in [-0.3, -0.25) is 4.52 Å². The first kappa shape index (κ1) is 12.4. The van der Waals surface area contributed by atoms with E-state index in [0.29, 0.717) is 0 Å². The Hall–Kier alpha value is -0.0500.